The molecule has 200 valence electrons. The first kappa shape index (κ1) is 28.5. The minimum Gasteiger partial charge on any atom is -0.550 e. The quantitative estimate of drug-likeness (QED) is 0.330. The van der Waals surface area contributed by atoms with E-state index in [9.17, 15) is 29.3 Å². The van der Waals surface area contributed by atoms with E-state index in [0.29, 0.717) is 22.5 Å². The lowest BCUT2D eigenvalue weighted by atomic mass is 9.95. The van der Waals surface area contributed by atoms with Gasteiger partial charge in [0.25, 0.3) is 5.91 Å². The fraction of sp³-hybridized carbons (Fsp3) is 0.357. The van der Waals surface area contributed by atoms with Crippen LogP contribution in [-0.4, -0.2) is 44.1 Å². The molecular weight excluding hydrogens is 491 g/mol. The van der Waals surface area contributed by atoms with Crippen LogP contribution in [-0.2, 0) is 17.8 Å². The Balaban J connectivity index is 1.91. The second kappa shape index (κ2) is 12.9. The summed E-state index contributed by atoms with van der Waals surface area (Å²) < 4.78 is 15.2. The second-order valence-electron chi connectivity index (χ2n) is 9.40. The lowest BCUT2D eigenvalue weighted by molar-refractivity contribution is -0.307. The zero-order valence-electron chi connectivity index (χ0n) is 21.2. The van der Waals surface area contributed by atoms with Gasteiger partial charge in [-0.15, -0.1) is 0 Å². The molecule has 0 radical (unpaired) electrons. The summed E-state index contributed by atoms with van der Waals surface area (Å²) >= 11 is 0. The van der Waals surface area contributed by atoms with Crippen molar-refractivity contribution in [1.82, 2.24) is 15.1 Å². The molecule has 3 N–H and O–H groups in total. The second-order valence-corrected chi connectivity index (χ2v) is 9.40. The number of nitrogens with one attached hydrogen (secondary N) is 1. The molecule has 1 aromatic heterocycles. The summed E-state index contributed by atoms with van der Waals surface area (Å²) in [5.41, 5.74) is 3.22. The van der Waals surface area contributed by atoms with Gasteiger partial charge in [-0.2, -0.15) is 10.4 Å². The van der Waals surface area contributed by atoms with E-state index in [0.717, 1.165) is 5.56 Å². The van der Waals surface area contributed by atoms with Crippen LogP contribution in [0.3, 0.4) is 0 Å². The van der Waals surface area contributed by atoms with Crippen molar-refractivity contribution in [3.05, 3.63) is 82.4 Å². The molecule has 0 saturated carbocycles. The zero-order valence-corrected chi connectivity index (χ0v) is 21.2. The molecule has 0 bridgehead atoms. The van der Waals surface area contributed by atoms with E-state index >= 15 is 0 Å². The Labute approximate surface area is 220 Å². The highest BCUT2D eigenvalue weighted by Gasteiger charge is 2.26. The Bertz CT molecular complexity index is 1310. The van der Waals surface area contributed by atoms with Crippen molar-refractivity contribution < 1.29 is 29.3 Å². The van der Waals surface area contributed by atoms with Crippen LogP contribution in [0.15, 0.2) is 48.5 Å². The highest BCUT2D eigenvalue weighted by Crippen LogP contribution is 2.28. The summed E-state index contributed by atoms with van der Waals surface area (Å²) in [5.74, 6) is -2.40. The van der Waals surface area contributed by atoms with Gasteiger partial charge in [0.1, 0.15) is 5.82 Å². The topological polar surface area (TPSA) is 151 Å². The van der Waals surface area contributed by atoms with Gasteiger partial charge < -0.3 is 25.4 Å². The minimum absolute atomic E-state index is 0.136. The molecule has 1 amide bonds. The number of nitrogens with zero attached hydrogens (tertiary/aromatic N) is 3. The molecule has 3 aromatic rings. The Hall–Kier alpha value is -4.07. The number of aliphatic hydroxyl groups is 2. The van der Waals surface area contributed by atoms with E-state index in [-0.39, 0.29) is 37.4 Å². The van der Waals surface area contributed by atoms with E-state index in [1.807, 2.05) is 13.8 Å². The third kappa shape index (κ3) is 7.47. The standard InChI is InChI=1S/C28H31FN4O5/c1-17(2)26-24(11-10-22(34)13-23(35)14-25(36)37)33(21-8-6-20(29)7-9-21)32-27(26)28(38)31-16-19-5-3-4-18(12-19)15-30/h3-9,12,17,22-23,34-35H,10-11,13-14,16H2,1-2H3,(H,31,38)(H,36,37)/p-1/t22-,23-/m1/s1. The Morgan fingerprint density at radius 3 is 2.50 bits per heavy atom. The van der Waals surface area contributed by atoms with E-state index in [4.69, 9.17) is 5.26 Å². The maximum atomic E-state index is 13.6. The minimum atomic E-state index is -1.41. The summed E-state index contributed by atoms with van der Waals surface area (Å²) in [6.07, 6.45) is -2.56. The van der Waals surface area contributed by atoms with Crippen molar-refractivity contribution in [3.8, 4) is 11.8 Å². The Morgan fingerprint density at radius 1 is 1.16 bits per heavy atom. The average molecular weight is 522 g/mol. The number of carboxylic acids is 1. The smallest absolute Gasteiger partial charge is 0.272 e. The molecule has 1 heterocycles. The molecule has 3 rings (SSSR count). The van der Waals surface area contributed by atoms with Crippen LogP contribution in [0.25, 0.3) is 5.69 Å². The van der Waals surface area contributed by atoms with Gasteiger partial charge in [-0.25, -0.2) is 9.07 Å². The maximum absolute atomic E-state index is 13.6. The molecule has 38 heavy (non-hydrogen) atoms. The van der Waals surface area contributed by atoms with Crippen molar-refractivity contribution in [2.24, 2.45) is 0 Å². The number of halogens is 1. The van der Waals surface area contributed by atoms with Crippen LogP contribution < -0.4 is 10.4 Å². The summed E-state index contributed by atoms with van der Waals surface area (Å²) in [4.78, 5) is 24.0. The predicted octanol–water partition coefficient (Wildman–Crippen LogP) is 2.12. The number of benzene rings is 2. The number of aromatic nitrogens is 2. The van der Waals surface area contributed by atoms with Gasteiger partial charge in [0.05, 0.1) is 29.5 Å². The monoisotopic (exact) mass is 521 g/mol. The number of nitriles is 1. The number of aliphatic carboxylic acids is 1. The van der Waals surface area contributed by atoms with Gasteiger partial charge in [0.15, 0.2) is 5.69 Å². The normalized spacial score (nSPS) is 12.7. The first-order valence-corrected chi connectivity index (χ1v) is 12.3. The summed E-state index contributed by atoms with van der Waals surface area (Å²) in [6, 6.07) is 14.6. The number of hydrogen-bond donors (Lipinski definition) is 3. The zero-order chi connectivity index (χ0) is 27.8. The number of aliphatic hydroxyl groups excluding tert-OH is 2. The van der Waals surface area contributed by atoms with E-state index in [1.54, 1.807) is 28.9 Å². The van der Waals surface area contributed by atoms with Crippen LogP contribution in [0.5, 0.6) is 0 Å². The summed E-state index contributed by atoms with van der Waals surface area (Å²) in [6.45, 7) is 3.99. The molecule has 9 nitrogen and oxygen atoms in total. The van der Waals surface area contributed by atoms with Crippen LogP contribution in [0.2, 0.25) is 0 Å². The Morgan fingerprint density at radius 2 is 1.87 bits per heavy atom. The molecular formula is C28H30FN4O5-. The van der Waals surface area contributed by atoms with Crippen LogP contribution in [0.4, 0.5) is 4.39 Å². The fourth-order valence-electron chi connectivity index (χ4n) is 4.30. The van der Waals surface area contributed by atoms with Crippen molar-refractivity contribution in [2.45, 2.75) is 64.2 Å². The molecule has 0 aliphatic heterocycles. The van der Waals surface area contributed by atoms with Gasteiger partial charge in [-0.3, -0.25) is 4.79 Å². The maximum Gasteiger partial charge on any atom is 0.272 e. The first-order chi connectivity index (χ1) is 18.1. The molecule has 0 spiro atoms. The first-order valence-electron chi connectivity index (χ1n) is 12.3. The van der Waals surface area contributed by atoms with Crippen LogP contribution >= 0.6 is 0 Å². The third-order valence-electron chi connectivity index (χ3n) is 6.06. The van der Waals surface area contributed by atoms with Gasteiger partial charge in [0, 0.05) is 30.2 Å². The highest BCUT2D eigenvalue weighted by molar-refractivity contribution is 5.94. The average Bonchev–Trinajstić information content (AvgIpc) is 3.26. The summed E-state index contributed by atoms with van der Waals surface area (Å²) in [7, 11) is 0. The predicted molar refractivity (Wildman–Crippen MR) is 135 cm³/mol. The molecule has 2 atom stereocenters. The van der Waals surface area contributed by atoms with Crippen LogP contribution in [0, 0.1) is 17.1 Å². The SMILES string of the molecule is CC(C)c1c(C(=O)NCc2cccc(C#N)c2)nn(-c2ccc(F)cc2)c1CC[C@@H](O)C[C@@H](O)CC(=O)[O-]. The number of carboxylic acid groups (broad SMARTS) is 1. The molecule has 0 unspecified atom stereocenters. The molecule has 0 aliphatic rings. The number of rotatable bonds is 12. The van der Waals surface area contributed by atoms with Crippen molar-refractivity contribution in [1.29, 1.82) is 5.26 Å². The molecule has 2 aromatic carbocycles. The largest absolute Gasteiger partial charge is 0.550 e. The van der Waals surface area contributed by atoms with Gasteiger partial charge in [-0.1, -0.05) is 26.0 Å². The van der Waals surface area contributed by atoms with Crippen molar-refractivity contribution in [2.75, 3.05) is 0 Å². The molecule has 0 fully saturated rings. The number of amides is 1. The van der Waals surface area contributed by atoms with E-state index in [1.165, 1.54) is 24.3 Å². The molecule has 0 saturated heterocycles. The fourth-order valence-corrected chi connectivity index (χ4v) is 4.30. The van der Waals surface area contributed by atoms with Gasteiger partial charge >= 0.3 is 0 Å². The Kier molecular flexibility index (Phi) is 9.71. The number of carbonyl (C=O) groups is 2. The summed E-state index contributed by atoms with van der Waals surface area (Å²) in [5, 5.41) is 47.5. The number of hydrogen-bond acceptors (Lipinski definition) is 7. The highest BCUT2D eigenvalue weighted by atomic mass is 19.1. The van der Waals surface area contributed by atoms with Crippen molar-refractivity contribution in [3.63, 3.8) is 0 Å². The lowest BCUT2D eigenvalue weighted by Crippen LogP contribution is -2.29. The van der Waals surface area contributed by atoms with Crippen molar-refractivity contribution >= 4 is 11.9 Å². The number of carbonyl (C=O) groups excluding carboxylic acids is 2. The molecule has 0 aliphatic carbocycles. The van der Waals surface area contributed by atoms with Gasteiger partial charge in [0.2, 0.25) is 0 Å². The van der Waals surface area contributed by atoms with Gasteiger partial charge in [-0.05, 0) is 67.1 Å². The third-order valence-corrected chi connectivity index (χ3v) is 6.06. The van der Waals surface area contributed by atoms with E-state index < -0.39 is 36.3 Å². The van der Waals surface area contributed by atoms with E-state index in [2.05, 4.69) is 16.5 Å². The molecule has 10 heteroatoms. The lowest BCUT2D eigenvalue weighted by Gasteiger charge is -2.17. The van der Waals surface area contributed by atoms with Crippen LogP contribution in [0.1, 0.15) is 71.9 Å².